The first-order valence-corrected chi connectivity index (χ1v) is 14.5. The first-order chi connectivity index (χ1) is 20.4. The molecule has 6 rings (SSSR count). The molecule has 0 aliphatic carbocycles. The number of hydrogen-bond acceptors (Lipinski definition) is 7. The van der Waals surface area contributed by atoms with Crippen LogP contribution in [0.15, 0.2) is 83.1 Å². The summed E-state index contributed by atoms with van der Waals surface area (Å²) in [5, 5.41) is 12.4. The lowest BCUT2D eigenvalue weighted by molar-refractivity contribution is -0.146. The van der Waals surface area contributed by atoms with E-state index < -0.39 is 12.4 Å². The van der Waals surface area contributed by atoms with Crippen LogP contribution in [0.3, 0.4) is 0 Å². The Morgan fingerprint density at radius 1 is 1.10 bits per heavy atom. The van der Waals surface area contributed by atoms with Gasteiger partial charge < -0.3 is 14.4 Å². The number of ether oxygens (including phenoxy) is 2. The molecule has 0 N–H and O–H groups in total. The SMILES string of the molecule is COC(=O)C1CN(c2cccc(-c3c(-c4ccsc4C#N)c4cc(F)ccc4n3Sc3ccc(OC(F)F)cc3)c2)C1. The zero-order chi connectivity index (χ0) is 29.4. The Bertz CT molecular complexity index is 1820. The van der Waals surface area contributed by atoms with Gasteiger partial charge in [0.1, 0.15) is 22.5 Å². The normalized spacial score (nSPS) is 13.3. The number of alkyl halides is 2. The second-order valence-electron chi connectivity index (χ2n) is 9.57. The van der Waals surface area contributed by atoms with Crippen LogP contribution in [0.1, 0.15) is 4.88 Å². The van der Waals surface area contributed by atoms with Gasteiger partial charge in [0.05, 0.1) is 24.2 Å². The van der Waals surface area contributed by atoms with Gasteiger partial charge in [-0.1, -0.05) is 12.1 Å². The van der Waals surface area contributed by atoms with E-state index in [0.717, 1.165) is 27.4 Å². The summed E-state index contributed by atoms with van der Waals surface area (Å²) in [7, 11) is 1.38. The second-order valence-corrected chi connectivity index (χ2v) is 11.5. The van der Waals surface area contributed by atoms with E-state index in [1.54, 1.807) is 18.2 Å². The quantitative estimate of drug-likeness (QED) is 0.168. The molecule has 11 heteroatoms. The third-order valence-corrected chi connectivity index (χ3v) is 8.93. The van der Waals surface area contributed by atoms with Crippen LogP contribution in [0.4, 0.5) is 18.9 Å². The minimum Gasteiger partial charge on any atom is -0.469 e. The molecule has 3 aromatic carbocycles. The molecule has 1 aliphatic heterocycles. The molecule has 1 aliphatic rings. The van der Waals surface area contributed by atoms with Gasteiger partial charge in [0.2, 0.25) is 0 Å². The van der Waals surface area contributed by atoms with E-state index in [9.17, 15) is 23.2 Å². The zero-order valence-electron chi connectivity index (χ0n) is 22.1. The monoisotopic (exact) mass is 605 g/mol. The molecule has 0 radical (unpaired) electrons. The van der Waals surface area contributed by atoms with Crippen molar-refractivity contribution in [3.8, 4) is 34.2 Å². The maximum atomic E-state index is 14.7. The largest absolute Gasteiger partial charge is 0.469 e. The van der Waals surface area contributed by atoms with E-state index in [-0.39, 0.29) is 17.6 Å². The van der Waals surface area contributed by atoms with Crippen LogP contribution < -0.4 is 9.64 Å². The minimum atomic E-state index is -2.93. The van der Waals surface area contributed by atoms with Crippen LogP contribution in [-0.2, 0) is 9.53 Å². The van der Waals surface area contributed by atoms with E-state index in [1.807, 2.05) is 39.7 Å². The van der Waals surface area contributed by atoms with Gasteiger partial charge in [-0.05, 0) is 78.0 Å². The van der Waals surface area contributed by atoms with E-state index in [0.29, 0.717) is 34.5 Å². The third kappa shape index (κ3) is 5.19. The highest BCUT2D eigenvalue weighted by molar-refractivity contribution is 7.98. The van der Waals surface area contributed by atoms with Crippen molar-refractivity contribution in [2.75, 3.05) is 25.1 Å². The van der Waals surface area contributed by atoms with Crippen molar-refractivity contribution in [2.45, 2.75) is 11.5 Å². The molecule has 1 saturated heterocycles. The summed E-state index contributed by atoms with van der Waals surface area (Å²) in [6.45, 7) is -1.87. The molecule has 5 aromatic rings. The van der Waals surface area contributed by atoms with Crippen molar-refractivity contribution in [2.24, 2.45) is 5.92 Å². The number of carbonyl (C=O) groups is 1. The van der Waals surface area contributed by atoms with Crippen molar-refractivity contribution in [3.05, 3.63) is 88.9 Å². The number of anilines is 1. The van der Waals surface area contributed by atoms with Gasteiger partial charge in [0.25, 0.3) is 0 Å². The lowest BCUT2D eigenvalue weighted by atomic mass is 9.96. The highest BCUT2D eigenvalue weighted by Crippen LogP contribution is 2.47. The van der Waals surface area contributed by atoms with E-state index in [1.165, 1.54) is 54.7 Å². The van der Waals surface area contributed by atoms with Gasteiger partial charge in [-0.15, -0.1) is 11.3 Å². The average Bonchev–Trinajstić information content (AvgIpc) is 3.55. The zero-order valence-corrected chi connectivity index (χ0v) is 23.7. The first kappa shape index (κ1) is 27.8. The van der Waals surface area contributed by atoms with Gasteiger partial charge in [0, 0.05) is 45.7 Å². The third-order valence-electron chi connectivity index (χ3n) is 7.07. The molecular formula is C31H22F3N3O3S2. The Labute approximate surface area is 247 Å². The lowest BCUT2D eigenvalue weighted by Crippen LogP contribution is -2.50. The number of carbonyl (C=O) groups excluding carboxylic acids is 1. The summed E-state index contributed by atoms with van der Waals surface area (Å²) in [6, 6.07) is 22.8. The molecule has 0 unspecified atom stereocenters. The number of hydrogen-bond donors (Lipinski definition) is 0. The highest BCUT2D eigenvalue weighted by atomic mass is 32.2. The molecule has 0 atom stereocenters. The number of nitrogens with zero attached hydrogens (tertiary/aromatic N) is 3. The predicted octanol–water partition coefficient (Wildman–Crippen LogP) is 7.81. The number of fused-ring (bicyclic) bond motifs is 1. The minimum absolute atomic E-state index is 0.0409. The molecule has 1 fully saturated rings. The van der Waals surface area contributed by atoms with Crippen molar-refractivity contribution in [1.29, 1.82) is 5.26 Å². The Morgan fingerprint density at radius 2 is 1.88 bits per heavy atom. The Hall–Kier alpha value is -4.40. The molecule has 42 heavy (non-hydrogen) atoms. The molecule has 0 amide bonds. The predicted molar refractivity (Wildman–Crippen MR) is 157 cm³/mol. The van der Waals surface area contributed by atoms with Gasteiger partial charge in [-0.2, -0.15) is 14.0 Å². The maximum absolute atomic E-state index is 14.7. The number of thiophene rings is 1. The van der Waals surface area contributed by atoms with E-state index >= 15 is 0 Å². The molecule has 0 saturated carbocycles. The standard InChI is InChI=1S/C31H22F3N3O3S2/c1-39-30(38)19-16-36(17-19)21-4-2-3-18(13-21)29-28(24-11-12-41-27(24)15-35)25-14-20(32)5-10-26(25)37(29)42-23-8-6-22(7-9-23)40-31(33)34/h2-14,19,31H,16-17H2,1H3. The van der Waals surface area contributed by atoms with Gasteiger partial charge in [-0.25, -0.2) is 4.39 Å². The number of nitriles is 1. The summed E-state index contributed by atoms with van der Waals surface area (Å²) in [4.78, 5) is 15.3. The second kappa shape index (κ2) is 11.5. The summed E-state index contributed by atoms with van der Waals surface area (Å²) in [5.41, 5.74) is 4.59. The Morgan fingerprint density at radius 3 is 2.60 bits per heavy atom. The van der Waals surface area contributed by atoms with Crippen LogP contribution in [0.25, 0.3) is 33.3 Å². The van der Waals surface area contributed by atoms with Gasteiger partial charge in [-0.3, -0.25) is 8.77 Å². The Kier molecular flexibility index (Phi) is 7.58. The lowest BCUT2D eigenvalue weighted by Gasteiger charge is -2.39. The highest BCUT2D eigenvalue weighted by Gasteiger charge is 2.34. The summed E-state index contributed by atoms with van der Waals surface area (Å²) < 4.78 is 51.5. The molecule has 0 spiro atoms. The smallest absolute Gasteiger partial charge is 0.387 e. The van der Waals surface area contributed by atoms with Crippen molar-refractivity contribution in [3.63, 3.8) is 0 Å². The molecule has 3 heterocycles. The van der Waals surface area contributed by atoms with Crippen molar-refractivity contribution >= 4 is 45.8 Å². The molecule has 6 nitrogen and oxygen atoms in total. The van der Waals surface area contributed by atoms with Crippen LogP contribution in [0.5, 0.6) is 5.75 Å². The van der Waals surface area contributed by atoms with Crippen LogP contribution >= 0.6 is 23.3 Å². The summed E-state index contributed by atoms with van der Waals surface area (Å²) >= 11 is 2.65. The average molecular weight is 606 g/mol. The maximum Gasteiger partial charge on any atom is 0.387 e. The van der Waals surface area contributed by atoms with Gasteiger partial charge in [0.15, 0.2) is 0 Å². The first-order valence-electron chi connectivity index (χ1n) is 12.8. The fraction of sp³-hybridized carbons (Fsp3) is 0.161. The molecule has 212 valence electrons. The number of aromatic nitrogens is 1. The number of halogens is 3. The number of benzene rings is 3. The van der Waals surface area contributed by atoms with Crippen molar-refractivity contribution in [1.82, 2.24) is 3.97 Å². The van der Waals surface area contributed by atoms with Crippen molar-refractivity contribution < 1.29 is 27.4 Å². The summed E-state index contributed by atoms with van der Waals surface area (Å²) in [5.74, 6) is -0.808. The fourth-order valence-corrected chi connectivity index (χ4v) is 6.80. The molecular weight excluding hydrogens is 583 g/mol. The topological polar surface area (TPSA) is 67.5 Å². The van der Waals surface area contributed by atoms with Gasteiger partial charge >= 0.3 is 12.6 Å². The molecule has 2 aromatic heterocycles. The van der Waals surface area contributed by atoms with E-state index in [4.69, 9.17) is 4.74 Å². The fourth-order valence-electron chi connectivity index (χ4n) is 5.10. The van der Waals surface area contributed by atoms with Crippen LogP contribution in [0, 0.1) is 23.1 Å². The summed E-state index contributed by atoms with van der Waals surface area (Å²) in [6.07, 6.45) is 0. The Balaban J connectivity index is 1.52. The van der Waals surface area contributed by atoms with Crippen LogP contribution in [0.2, 0.25) is 0 Å². The number of rotatable bonds is 8. The van der Waals surface area contributed by atoms with E-state index in [2.05, 4.69) is 15.7 Å². The number of esters is 1. The van der Waals surface area contributed by atoms with Crippen LogP contribution in [-0.4, -0.2) is 36.8 Å². The molecule has 0 bridgehead atoms. The number of methoxy groups -OCH3 is 1.